The molecule has 0 rings (SSSR count). The van der Waals surface area contributed by atoms with E-state index in [1.165, 1.54) is 14.0 Å². The number of ether oxygens (including phenoxy) is 2. The van der Waals surface area contributed by atoms with Gasteiger partial charge in [0.2, 0.25) is 10.0 Å². The second-order valence-corrected chi connectivity index (χ2v) is 5.27. The number of rotatable bonds is 8. The molecule has 8 heteroatoms. The van der Waals surface area contributed by atoms with Gasteiger partial charge in [-0.05, 0) is 13.3 Å². The second-order valence-electron chi connectivity index (χ2n) is 3.18. The van der Waals surface area contributed by atoms with Crippen LogP contribution in [0.15, 0.2) is 12.2 Å². The molecule has 0 aliphatic heterocycles. The predicted octanol–water partition coefficient (Wildman–Crippen LogP) is -0.412. The summed E-state index contributed by atoms with van der Waals surface area (Å²) in [5.74, 6) is -1.32. The largest absolute Gasteiger partial charge is 0.466 e. The number of carbonyl (C=O) groups is 2. The Bertz CT molecular complexity index is 401. The maximum atomic E-state index is 11.0. The minimum absolute atomic E-state index is 0.00859. The number of hydrogen-bond acceptors (Lipinski definition) is 6. The highest BCUT2D eigenvalue weighted by molar-refractivity contribution is 7.89. The highest BCUT2D eigenvalue weighted by atomic mass is 32.2. The summed E-state index contributed by atoms with van der Waals surface area (Å²) in [5, 5.41) is 0. The zero-order chi connectivity index (χ0) is 14.0. The van der Waals surface area contributed by atoms with Crippen molar-refractivity contribution in [1.82, 2.24) is 4.72 Å². The average molecular weight is 279 g/mol. The summed E-state index contributed by atoms with van der Waals surface area (Å²) in [6.45, 7) is 1.79. The Hall–Kier alpha value is -1.41. The Kier molecular flexibility index (Phi) is 7.97. The van der Waals surface area contributed by atoms with Gasteiger partial charge < -0.3 is 9.47 Å². The van der Waals surface area contributed by atoms with Gasteiger partial charge in [-0.2, -0.15) is 0 Å². The predicted molar refractivity (Wildman–Crippen MR) is 64.2 cm³/mol. The van der Waals surface area contributed by atoms with E-state index < -0.39 is 22.0 Å². The van der Waals surface area contributed by atoms with Crippen molar-refractivity contribution in [2.45, 2.75) is 13.3 Å². The van der Waals surface area contributed by atoms with Gasteiger partial charge in [0, 0.05) is 18.7 Å². The van der Waals surface area contributed by atoms with Gasteiger partial charge in [-0.3, -0.25) is 0 Å². The average Bonchev–Trinajstić information content (AvgIpc) is 2.35. The molecular weight excluding hydrogens is 262 g/mol. The van der Waals surface area contributed by atoms with Crippen molar-refractivity contribution in [3.05, 3.63) is 12.2 Å². The van der Waals surface area contributed by atoms with Crippen LogP contribution in [-0.2, 0) is 29.1 Å². The molecule has 18 heavy (non-hydrogen) atoms. The van der Waals surface area contributed by atoms with Crippen molar-refractivity contribution in [1.29, 1.82) is 0 Å². The van der Waals surface area contributed by atoms with Crippen LogP contribution in [0.25, 0.3) is 0 Å². The lowest BCUT2D eigenvalue weighted by Gasteiger charge is -2.04. The molecule has 0 aliphatic carbocycles. The molecule has 0 aromatic heterocycles. The first-order valence-corrected chi connectivity index (χ1v) is 6.96. The van der Waals surface area contributed by atoms with E-state index in [1.807, 2.05) is 0 Å². The quantitative estimate of drug-likeness (QED) is 0.368. The third-order valence-corrected chi connectivity index (χ3v) is 3.23. The topological polar surface area (TPSA) is 98.8 Å². The van der Waals surface area contributed by atoms with Crippen LogP contribution in [0.4, 0.5) is 0 Å². The van der Waals surface area contributed by atoms with Gasteiger partial charge >= 0.3 is 11.9 Å². The Morgan fingerprint density at radius 3 is 2.39 bits per heavy atom. The third-order valence-electron chi connectivity index (χ3n) is 1.82. The van der Waals surface area contributed by atoms with Crippen molar-refractivity contribution in [3.8, 4) is 0 Å². The van der Waals surface area contributed by atoms with Gasteiger partial charge in [-0.1, -0.05) is 0 Å². The van der Waals surface area contributed by atoms with Crippen LogP contribution in [-0.4, -0.2) is 46.4 Å². The Labute approximate surface area is 106 Å². The van der Waals surface area contributed by atoms with E-state index in [1.54, 1.807) is 0 Å². The lowest BCUT2D eigenvalue weighted by Crippen LogP contribution is -2.27. The summed E-state index contributed by atoms with van der Waals surface area (Å²) in [6, 6.07) is 0. The summed E-state index contributed by atoms with van der Waals surface area (Å²) < 4.78 is 33.4. The summed E-state index contributed by atoms with van der Waals surface area (Å²) in [5.41, 5.74) is 0. The van der Waals surface area contributed by atoms with Gasteiger partial charge in [-0.15, -0.1) is 0 Å². The zero-order valence-electron chi connectivity index (χ0n) is 10.3. The van der Waals surface area contributed by atoms with Crippen molar-refractivity contribution >= 4 is 22.0 Å². The number of esters is 2. The van der Waals surface area contributed by atoms with E-state index >= 15 is 0 Å². The smallest absolute Gasteiger partial charge is 0.331 e. The SMILES string of the molecule is CCS(=O)(=O)NCCCOC(=O)/C=C/C(=O)OC. The Morgan fingerprint density at radius 2 is 1.83 bits per heavy atom. The Balaban J connectivity index is 3.70. The van der Waals surface area contributed by atoms with E-state index in [4.69, 9.17) is 4.74 Å². The molecule has 0 bridgehead atoms. The highest BCUT2D eigenvalue weighted by Gasteiger charge is 2.05. The molecule has 0 unspecified atom stereocenters. The molecule has 0 heterocycles. The molecule has 0 radical (unpaired) electrons. The van der Waals surface area contributed by atoms with Crippen LogP contribution in [0.2, 0.25) is 0 Å². The zero-order valence-corrected chi connectivity index (χ0v) is 11.2. The van der Waals surface area contributed by atoms with E-state index in [0.717, 1.165) is 12.2 Å². The van der Waals surface area contributed by atoms with Crippen molar-refractivity contribution in [2.75, 3.05) is 26.0 Å². The van der Waals surface area contributed by atoms with Crippen molar-refractivity contribution in [2.24, 2.45) is 0 Å². The van der Waals surface area contributed by atoms with Gasteiger partial charge in [0.25, 0.3) is 0 Å². The molecular formula is C10H17NO6S. The maximum absolute atomic E-state index is 11.0. The van der Waals surface area contributed by atoms with Crippen molar-refractivity contribution in [3.63, 3.8) is 0 Å². The first kappa shape index (κ1) is 16.6. The molecule has 0 atom stereocenters. The van der Waals surface area contributed by atoms with Gasteiger partial charge in [0.15, 0.2) is 0 Å². The highest BCUT2D eigenvalue weighted by Crippen LogP contribution is 1.88. The molecule has 0 amide bonds. The van der Waals surface area contributed by atoms with Gasteiger partial charge in [0.05, 0.1) is 19.5 Å². The van der Waals surface area contributed by atoms with E-state index in [9.17, 15) is 18.0 Å². The number of sulfonamides is 1. The number of nitrogens with one attached hydrogen (secondary N) is 1. The van der Waals surface area contributed by atoms with Gasteiger partial charge in [0.1, 0.15) is 0 Å². The molecule has 7 nitrogen and oxygen atoms in total. The number of carbonyl (C=O) groups excluding carboxylic acids is 2. The lowest BCUT2D eigenvalue weighted by molar-refractivity contribution is -0.139. The molecule has 0 aromatic carbocycles. The normalized spacial score (nSPS) is 11.4. The van der Waals surface area contributed by atoms with Crippen LogP contribution in [0.3, 0.4) is 0 Å². The van der Waals surface area contributed by atoms with Crippen LogP contribution >= 0.6 is 0 Å². The van der Waals surface area contributed by atoms with Crippen LogP contribution < -0.4 is 4.72 Å². The van der Waals surface area contributed by atoms with Crippen LogP contribution in [0, 0.1) is 0 Å². The molecule has 104 valence electrons. The first-order chi connectivity index (χ1) is 8.41. The maximum Gasteiger partial charge on any atom is 0.331 e. The van der Waals surface area contributed by atoms with Gasteiger partial charge in [-0.25, -0.2) is 22.7 Å². The molecule has 0 fully saturated rings. The van der Waals surface area contributed by atoms with E-state index in [2.05, 4.69) is 9.46 Å². The standard InChI is InChI=1S/C10H17NO6S/c1-3-18(14,15)11-7-4-8-17-10(13)6-5-9(12)16-2/h5-6,11H,3-4,7-8H2,1-2H3/b6-5+. The Morgan fingerprint density at radius 1 is 1.22 bits per heavy atom. The summed E-state index contributed by atoms with van der Waals surface area (Å²) in [4.78, 5) is 21.7. The van der Waals surface area contributed by atoms with Crippen LogP contribution in [0.1, 0.15) is 13.3 Å². The molecule has 0 aliphatic rings. The van der Waals surface area contributed by atoms with E-state index in [-0.39, 0.29) is 18.9 Å². The minimum atomic E-state index is -3.21. The second kappa shape index (κ2) is 8.65. The fraction of sp³-hybridized carbons (Fsp3) is 0.600. The minimum Gasteiger partial charge on any atom is -0.466 e. The monoisotopic (exact) mass is 279 g/mol. The summed E-state index contributed by atoms with van der Waals surface area (Å²) >= 11 is 0. The fourth-order valence-corrected chi connectivity index (χ4v) is 1.49. The van der Waals surface area contributed by atoms with Crippen LogP contribution in [0.5, 0.6) is 0 Å². The molecule has 1 N–H and O–H groups in total. The molecule has 0 aromatic rings. The fourth-order valence-electron chi connectivity index (χ4n) is 0.827. The lowest BCUT2D eigenvalue weighted by atomic mass is 10.4. The third kappa shape index (κ3) is 8.71. The summed E-state index contributed by atoms with van der Waals surface area (Å²) in [7, 11) is -2.02. The summed E-state index contributed by atoms with van der Waals surface area (Å²) in [6.07, 6.45) is 2.25. The molecule has 0 saturated heterocycles. The van der Waals surface area contributed by atoms with Crippen molar-refractivity contribution < 1.29 is 27.5 Å². The number of methoxy groups -OCH3 is 1. The first-order valence-electron chi connectivity index (χ1n) is 5.31. The van der Waals surface area contributed by atoms with E-state index in [0.29, 0.717) is 6.42 Å². The molecule has 0 saturated carbocycles. The number of hydrogen-bond donors (Lipinski definition) is 1. The molecule has 0 spiro atoms.